The number of hydrogen-bond donors (Lipinski definition) is 2. The molecule has 1 aromatic rings. The van der Waals surface area contributed by atoms with Crippen molar-refractivity contribution in [1.29, 1.82) is 0 Å². The average molecular weight is 283 g/mol. The van der Waals surface area contributed by atoms with E-state index in [0.717, 1.165) is 0 Å². The van der Waals surface area contributed by atoms with E-state index in [1.807, 2.05) is 20.8 Å². The highest BCUT2D eigenvalue weighted by Crippen LogP contribution is 2.21. The summed E-state index contributed by atoms with van der Waals surface area (Å²) in [7, 11) is 0. The van der Waals surface area contributed by atoms with E-state index in [-0.39, 0.29) is 24.3 Å². The van der Waals surface area contributed by atoms with Crippen molar-refractivity contribution in [3.05, 3.63) is 29.6 Å². The van der Waals surface area contributed by atoms with Crippen molar-refractivity contribution in [2.75, 3.05) is 6.61 Å². The predicted octanol–water partition coefficient (Wildman–Crippen LogP) is 2.42. The number of amides is 1. The number of hydrogen-bond acceptors (Lipinski definition) is 3. The van der Waals surface area contributed by atoms with Crippen molar-refractivity contribution in [2.24, 2.45) is 5.92 Å². The van der Waals surface area contributed by atoms with Gasteiger partial charge in [0.15, 0.2) is 18.2 Å². The average Bonchev–Trinajstić information content (AvgIpc) is 2.36. The zero-order valence-electron chi connectivity index (χ0n) is 12.3. The van der Waals surface area contributed by atoms with Gasteiger partial charge >= 0.3 is 0 Å². The standard InChI is InChI=1S/C15H22FNO3/c1-9(2)10(3)17-15(19)8-20-14-6-5-12(11(4)18)7-13(14)16/h5-7,9-11,18H,8H2,1-4H3,(H,17,19)/t10?,11-/m0/s1. The number of benzene rings is 1. The van der Waals surface area contributed by atoms with Gasteiger partial charge in [-0.1, -0.05) is 19.9 Å². The van der Waals surface area contributed by atoms with E-state index < -0.39 is 11.9 Å². The number of aliphatic hydroxyl groups excluding tert-OH is 1. The molecule has 2 N–H and O–H groups in total. The third-order valence-corrected chi connectivity index (χ3v) is 3.19. The van der Waals surface area contributed by atoms with Crippen LogP contribution in [0.15, 0.2) is 18.2 Å². The van der Waals surface area contributed by atoms with Crippen LogP contribution in [0.1, 0.15) is 39.4 Å². The fourth-order valence-electron chi connectivity index (χ4n) is 1.50. The minimum Gasteiger partial charge on any atom is -0.481 e. The van der Waals surface area contributed by atoms with Gasteiger partial charge in [0, 0.05) is 6.04 Å². The molecule has 0 bridgehead atoms. The van der Waals surface area contributed by atoms with Gasteiger partial charge in [0.2, 0.25) is 0 Å². The first-order chi connectivity index (χ1) is 9.31. The van der Waals surface area contributed by atoms with E-state index in [1.54, 1.807) is 13.0 Å². The molecule has 112 valence electrons. The Hall–Kier alpha value is -1.62. The van der Waals surface area contributed by atoms with E-state index in [1.165, 1.54) is 12.1 Å². The third-order valence-electron chi connectivity index (χ3n) is 3.19. The van der Waals surface area contributed by atoms with Crippen molar-refractivity contribution < 1.29 is 19.0 Å². The Bertz CT molecular complexity index is 460. The smallest absolute Gasteiger partial charge is 0.258 e. The normalized spacial score (nSPS) is 13.9. The fourth-order valence-corrected chi connectivity index (χ4v) is 1.50. The van der Waals surface area contributed by atoms with Crippen LogP contribution in [-0.2, 0) is 4.79 Å². The monoisotopic (exact) mass is 283 g/mol. The SMILES string of the molecule is CC(C)C(C)NC(=O)COc1ccc([C@H](C)O)cc1F. The topological polar surface area (TPSA) is 58.6 Å². The Morgan fingerprint density at radius 1 is 1.35 bits per heavy atom. The van der Waals surface area contributed by atoms with Gasteiger partial charge in [-0.2, -0.15) is 0 Å². The summed E-state index contributed by atoms with van der Waals surface area (Å²) in [4.78, 5) is 11.6. The van der Waals surface area contributed by atoms with Crippen LogP contribution in [0.25, 0.3) is 0 Å². The Balaban J connectivity index is 2.56. The number of ether oxygens (including phenoxy) is 1. The molecule has 0 spiro atoms. The molecule has 2 atom stereocenters. The minimum atomic E-state index is -0.742. The third kappa shape index (κ3) is 4.81. The molecule has 0 heterocycles. The molecule has 0 fully saturated rings. The van der Waals surface area contributed by atoms with Crippen LogP contribution in [0, 0.1) is 11.7 Å². The molecule has 0 aliphatic carbocycles. The first-order valence-corrected chi connectivity index (χ1v) is 6.71. The molecule has 0 saturated heterocycles. The second-order valence-corrected chi connectivity index (χ2v) is 5.25. The van der Waals surface area contributed by atoms with Crippen LogP contribution in [0.5, 0.6) is 5.75 Å². The highest BCUT2D eigenvalue weighted by atomic mass is 19.1. The summed E-state index contributed by atoms with van der Waals surface area (Å²) < 4.78 is 18.8. The summed E-state index contributed by atoms with van der Waals surface area (Å²) in [5, 5.41) is 12.1. The molecule has 0 saturated carbocycles. The zero-order valence-corrected chi connectivity index (χ0v) is 12.3. The Morgan fingerprint density at radius 3 is 2.50 bits per heavy atom. The van der Waals surface area contributed by atoms with Crippen molar-refractivity contribution >= 4 is 5.91 Å². The van der Waals surface area contributed by atoms with Crippen molar-refractivity contribution in [2.45, 2.75) is 39.8 Å². The van der Waals surface area contributed by atoms with E-state index in [2.05, 4.69) is 5.32 Å². The first-order valence-electron chi connectivity index (χ1n) is 6.71. The molecule has 1 rings (SSSR count). The summed E-state index contributed by atoms with van der Waals surface area (Å²) in [6.45, 7) is 7.22. The molecule has 5 heteroatoms. The summed E-state index contributed by atoms with van der Waals surface area (Å²) in [5.74, 6) is -0.555. The van der Waals surface area contributed by atoms with Gasteiger partial charge in [-0.15, -0.1) is 0 Å². The molecule has 20 heavy (non-hydrogen) atoms. The fraction of sp³-hybridized carbons (Fsp3) is 0.533. The summed E-state index contributed by atoms with van der Waals surface area (Å²) in [6.07, 6.45) is -0.742. The summed E-state index contributed by atoms with van der Waals surface area (Å²) in [5.41, 5.74) is 0.465. The number of halogens is 1. The maximum Gasteiger partial charge on any atom is 0.258 e. The van der Waals surface area contributed by atoms with Crippen molar-refractivity contribution in [3.8, 4) is 5.75 Å². The van der Waals surface area contributed by atoms with Gasteiger partial charge < -0.3 is 15.2 Å². The van der Waals surface area contributed by atoms with E-state index in [0.29, 0.717) is 11.5 Å². The molecular formula is C15H22FNO3. The number of aliphatic hydroxyl groups is 1. The van der Waals surface area contributed by atoms with E-state index in [9.17, 15) is 14.3 Å². The highest BCUT2D eigenvalue weighted by molar-refractivity contribution is 5.77. The van der Waals surface area contributed by atoms with E-state index >= 15 is 0 Å². The second kappa shape index (κ2) is 7.24. The number of carbonyl (C=O) groups excluding carboxylic acids is 1. The van der Waals surface area contributed by atoms with Gasteiger partial charge in [-0.25, -0.2) is 4.39 Å². The predicted molar refractivity (Wildman–Crippen MR) is 75.0 cm³/mol. The number of nitrogens with one attached hydrogen (secondary N) is 1. The highest BCUT2D eigenvalue weighted by Gasteiger charge is 2.13. The molecule has 1 amide bonds. The van der Waals surface area contributed by atoms with Crippen LogP contribution in [0.3, 0.4) is 0 Å². The molecule has 1 aromatic carbocycles. The minimum absolute atomic E-state index is 0.00162. The first kappa shape index (κ1) is 16.4. The van der Waals surface area contributed by atoms with Crippen LogP contribution < -0.4 is 10.1 Å². The molecule has 0 aromatic heterocycles. The maximum atomic E-state index is 13.7. The molecule has 0 aliphatic heterocycles. The van der Waals surface area contributed by atoms with Crippen LogP contribution in [0.2, 0.25) is 0 Å². The molecule has 4 nitrogen and oxygen atoms in total. The molecule has 0 aliphatic rings. The molecular weight excluding hydrogens is 261 g/mol. The van der Waals surface area contributed by atoms with Gasteiger partial charge in [0.1, 0.15) is 0 Å². The lowest BCUT2D eigenvalue weighted by Gasteiger charge is -2.17. The van der Waals surface area contributed by atoms with Crippen molar-refractivity contribution in [1.82, 2.24) is 5.32 Å². The maximum absolute atomic E-state index is 13.7. The van der Waals surface area contributed by atoms with Crippen LogP contribution in [-0.4, -0.2) is 23.7 Å². The van der Waals surface area contributed by atoms with Gasteiger partial charge in [0.25, 0.3) is 5.91 Å². The largest absolute Gasteiger partial charge is 0.481 e. The van der Waals surface area contributed by atoms with Crippen LogP contribution in [0.4, 0.5) is 4.39 Å². The van der Waals surface area contributed by atoms with Crippen molar-refractivity contribution in [3.63, 3.8) is 0 Å². The van der Waals surface area contributed by atoms with Gasteiger partial charge in [-0.05, 0) is 37.5 Å². The van der Waals surface area contributed by atoms with Gasteiger partial charge in [-0.3, -0.25) is 4.79 Å². The molecule has 0 radical (unpaired) electrons. The van der Waals surface area contributed by atoms with E-state index in [4.69, 9.17) is 4.74 Å². The lowest BCUT2D eigenvalue weighted by molar-refractivity contribution is -0.124. The summed E-state index contributed by atoms with van der Waals surface area (Å²) in [6, 6.07) is 4.22. The zero-order chi connectivity index (χ0) is 15.3. The molecule has 1 unspecified atom stereocenters. The quantitative estimate of drug-likeness (QED) is 0.843. The Morgan fingerprint density at radius 2 is 2.00 bits per heavy atom. The second-order valence-electron chi connectivity index (χ2n) is 5.25. The van der Waals surface area contributed by atoms with Crippen LogP contribution >= 0.6 is 0 Å². The lowest BCUT2D eigenvalue weighted by Crippen LogP contribution is -2.39. The summed E-state index contributed by atoms with van der Waals surface area (Å²) >= 11 is 0. The van der Waals surface area contributed by atoms with Gasteiger partial charge in [0.05, 0.1) is 6.10 Å². The number of rotatable bonds is 6. The Labute approximate surface area is 119 Å². The lowest BCUT2D eigenvalue weighted by atomic mass is 10.1. The Kier molecular flexibility index (Phi) is 5.95. The number of carbonyl (C=O) groups is 1.